The summed E-state index contributed by atoms with van der Waals surface area (Å²) in [7, 11) is 1.89. The number of Topliss-reactive ketones (excluding diaryl/α,β-unsaturated/α-hetero) is 1. The van der Waals surface area contributed by atoms with E-state index in [-0.39, 0.29) is 5.41 Å². The minimum atomic E-state index is 0.00134. The Labute approximate surface area is 83.1 Å². The number of fused-ring (bicyclic) bond motifs is 1. The average molecular weight is 190 g/mol. The smallest absolute Gasteiger partial charge is 0.189 e. The molecule has 14 heavy (non-hydrogen) atoms. The minimum absolute atomic E-state index is 0.00134. The van der Waals surface area contributed by atoms with Crippen LogP contribution >= 0.6 is 0 Å². The Morgan fingerprint density at radius 2 is 2.21 bits per heavy atom. The van der Waals surface area contributed by atoms with Gasteiger partial charge in [-0.05, 0) is 25.7 Å². The number of carbonyl (C=O) groups excluding carboxylic acids is 1. The first kappa shape index (κ1) is 8.21. The summed E-state index contributed by atoms with van der Waals surface area (Å²) in [5.74, 6) is 0.311. The number of hydrogen-bond acceptors (Lipinski definition) is 2. The summed E-state index contributed by atoms with van der Waals surface area (Å²) in [4.78, 5) is 12.2. The highest BCUT2D eigenvalue weighted by molar-refractivity contribution is 6.01. The van der Waals surface area contributed by atoms with E-state index in [1.807, 2.05) is 13.2 Å². The van der Waals surface area contributed by atoms with Crippen LogP contribution in [0.5, 0.6) is 0 Å². The SMILES string of the molecule is Cn1cc2c(n1)C(=O)C1(CCC1)CC2. The van der Waals surface area contributed by atoms with Crippen LogP contribution in [0.3, 0.4) is 0 Å². The molecule has 2 aliphatic rings. The summed E-state index contributed by atoms with van der Waals surface area (Å²) in [6.07, 6.45) is 7.45. The van der Waals surface area contributed by atoms with Crippen LogP contribution in [0, 0.1) is 5.41 Å². The van der Waals surface area contributed by atoms with Crippen molar-refractivity contribution >= 4 is 5.78 Å². The van der Waals surface area contributed by atoms with Gasteiger partial charge in [0.1, 0.15) is 5.69 Å². The number of aromatic nitrogens is 2. The van der Waals surface area contributed by atoms with E-state index in [0.717, 1.165) is 36.9 Å². The fourth-order valence-electron chi connectivity index (χ4n) is 2.73. The maximum absolute atomic E-state index is 12.2. The quantitative estimate of drug-likeness (QED) is 0.624. The van der Waals surface area contributed by atoms with Crippen molar-refractivity contribution in [3.8, 4) is 0 Å². The zero-order chi connectivity index (χ0) is 9.76. The van der Waals surface area contributed by atoms with Gasteiger partial charge in [0, 0.05) is 24.2 Å². The highest BCUT2D eigenvalue weighted by Gasteiger charge is 2.47. The third kappa shape index (κ3) is 0.873. The summed E-state index contributed by atoms with van der Waals surface area (Å²) >= 11 is 0. The second-order valence-corrected chi connectivity index (χ2v) is 4.64. The third-order valence-electron chi connectivity index (χ3n) is 3.78. The van der Waals surface area contributed by atoms with Crippen LogP contribution in [-0.2, 0) is 13.5 Å². The topological polar surface area (TPSA) is 34.9 Å². The van der Waals surface area contributed by atoms with E-state index in [4.69, 9.17) is 0 Å². The molecule has 0 radical (unpaired) electrons. The van der Waals surface area contributed by atoms with E-state index in [9.17, 15) is 4.79 Å². The Balaban J connectivity index is 2.06. The van der Waals surface area contributed by atoms with E-state index in [0.29, 0.717) is 5.78 Å². The molecule has 3 heteroatoms. The van der Waals surface area contributed by atoms with Gasteiger partial charge in [-0.1, -0.05) is 6.42 Å². The lowest BCUT2D eigenvalue weighted by molar-refractivity contribution is 0.0549. The van der Waals surface area contributed by atoms with Crippen molar-refractivity contribution in [2.45, 2.75) is 32.1 Å². The Morgan fingerprint density at radius 1 is 1.43 bits per heavy atom. The van der Waals surface area contributed by atoms with E-state index in [1.54, 1.807) is 4.68 Å². The predicted octanol–water partition coefficient (Wildman–Crippen LogP) is 1.72. The molecule has 1 aromatic rings. The third-order valence-corrected chi connectivity index (χ3v) is 3.78. The van der Waals surface area contributed by atoms with Gasteiger partial charge in [-0.15, -0.1) is 0 Å². The molecule has 1 aromatic heterocycles. The molecular formula is C11H14N2O. The Kier molecular flexibility index (Phi) is 1.45. The van der Waals surface area contributed by atoms with Crippen LogP contribution in [-0.4, -0.2) is 15.6 Å². The molecule has 0 unspecified atom stereocenters. The molecule has 0 N–H and O–H groups in total. The molecule has 2 aliphatic carbocycles. The van der Waals surface area contributed by atoms with Gasteiger partial charge >= 0.3 is 0 Å². The van der Waals surface area contributed by atoms with Gasteiger partial charge in [-0.3, -0.25) is 9.48 Å². The maximum atomic E-state index is 12.2. The number of rotatable bonds is 0. The predicted molar refractivity (Wildman–Crippen MR) is 52.1 cm³/mol. The highest BCUT2D eigenvalue weighted by Crippen LogP contribution is 2.49. The van der Waals surface area contributed by atoms with Crippen LogP contribution < -0.4 is 0 Å². The standard InChI is InChI=1S/C11H14N2O/c1-13-7-8-3-6-11(4-2-5-11)10(14)9(8)12-13/h7H,2-6H2,1H3. The van der Waals surface area contributed by atoms with Crippen molar-refractivity contribution < 1.29 is 4.79 Å². The van der Waals surface area contributed by atoms with E-state index < -0.39 is 0 Å². The number of carbonyl (C=O) groups is 1. The van der Waals surface area contributed by atoms with Crippen LogP contribution in [0.4, 0.5) is 0 Å². The van der Waals surface area contributed by atoms with Gasteiger partial charge in [0.2, 0.25) is 0 Å². The fraction of sp³-hybridized carbons (Fsp3) is 0.636. The summed E-state index contributed by atoms with van der Waals surface area (Å²) in [6, 6.07) is 0. The molecule has 74 valence electrons. The first-order valence-electron chi connectivity index (χ1n) is 5.29. The lowest BCUT2D eigenvalue weighted by Gasteiger charge is -2.42. The van der Waals surface area contributed by atoms with E-state index in [1.165, 1.54) is 6.42 Å². The zero-order valence-electron chi connectivity index (χ0n) is 8.42. The Morgan fingerprint density at radius 3 is 2.86 bits per heavy atom. The number of nitrogens with zero attached hydrogens (tertiary/aromatic N) is 2. The van der Waals surface area contributed by atoms with Crippen molar-refractivity contribution in [2.24, 2.45) is 12.5 Å². The van der Waals surface area contributed by atoms with Gasteiger partial charge in [-0.25, -0.2) is 0 Å². The van der Waals surface area contributed by atoms with E-state index in [2.05, 4.69) is 5.10 Å². The largest absolute Gasteiger partial charge is 0.292 e. The molecule has 1 fully saturated rings. The number of ketones is 1. The van der Waals surface area contributed by atoms with Crippen molar-refractivity contribution in [3.05, 3.63) is 17.5 Å². The summed E-state index contributed by atoms with van der Waals surface area (Å²) < 4.78 is 1.76. The minimum Gasteiger partial charge on any atom is -0.292 e. The summed E-state index contributed by atoms with van der Waals surface area (Å²) in [5, 5.41) is 4.28. The molecule has 1 heterocycles. The van der Waals surface area contributed by atoms with Crippen LogP contribution in [0.15, 0.2) is 6.20 Å². The van der Waals surface area contributed by atoms with Crippen molar-refractivity contribution in [2.75, 3.05) is 0 Å². The molecule has 0 saturated heterocycles. The van der Waals surface area contributed by atoms with Gasteiger partial charge in [0.15, 0.2) is 5.78 Å². The number of hydrogen-bond donors (Lipinski definition) is 0. The molecule has 0 bridgehead atoms. The first-order valence-corrected chi connectivity index (χ1v) is 5.29. The Bertz CT molecular complexity index is 401. The molecule has 1 saturated carbocycles. The van der Waals surface area contributed by atoms with Crippen LogP contribution in [0.1, 0.15) is 41.7 Å². The molecule has 3 rings (SSSR count). The molecule has 0 aliphatic heterocycles. The summed E-state index contributed by atoms with van der Waals surface area (Å²) in [6.45, 7) is 0. The van der Waals surface area contributed by atoms with Crippen molar-refractivity contribution in [1.29, 1.82) is 0 Å². The van der Waals surface area contributed by atoms with Gasteiger partial charge < -0.3 is 0 Å². The van der Waals surface area contributed by atoms with Gasteiger partial charge in [0.25, 0.3) is 0 Å². The molecule has 3 nitrogen and oxygen atoms in total. The normalized spacial score (nSPS) is 23.4. The second kappa shape index (κ2) is 2.47. The molecule has 1 spiro atoms. The fourth-order valence-corrected chi connectivity index (χ4v) is 2.73. The van der Waals surface area contributed by atoms with Crippen LogP contribution in [0.25, 0.3) is 0 Å². The van der Waals surface area contributed by atoms with Gasteiger partial charge in [-0.2, -0.15) is 5.10 Å². The van der Waals surface area contributed by atoms with Crippen molar-refractivity contribution in [3.63, 3.8) is 0 Å². The maximum Gasteiger partial charge on any atom is 0.189 e. The lowest BCUT2D eigenvalue weighted by Crippen LogP contribution is -2.41. The molecule has 0 atom stereocenters. The van der Waals surface area contributed by atoms with Crippen molar-refractivity contribution in [1.82, 2.24) is 9.78 Å². The molecule has 0 aromatic carbocycles. The number of aryl methyl sites for hydroxylation is 2. The lowest BCUT2D eigenvalue weighted by atomic mass is 9.60. The summed E-state index contributed by atoms with van der Waals surface area (Å²) in [5.41, 5.74) is 1.90. The van der Waals surface area contributed by atoms with Gasteiger partial charge in [0.05, 0.1) is 0 Å². The molecular weight excluding hydrogens is 176 g/mol. The monoisotopic (exact) mass is 190 g/mol. The Hall–Kier alpha value is -1.12. The zero-order valence-corrected chi connectivity index (χ0v) is 8.42. The van der Waals surface area contributed by atoms with E-state index >= 15 is 0 Å². The second-order valence-electron chi connectivity index (χ2n) is 4.64. The highest BCUT2D eigenvalue weighted by atomic mass is 16.1. The first-order chi connectivity index (χ1) is 6.71. The average Bonchev–Trinajstić information content (AvgIpc) is 2.44. The molecule has 0 amide bonds. The van der Waals surface area contributed by atoms with Crippen LogP contribution in [0.2, 0.25) is 0 Å².